The molecule has 0 bridgehead atoms. The van der Waals surface area contributed by atoms with Crippen LogP contribution >= 0.6 is 0 Å². The maximum atomic E-state index is 13.1. The third-order valence-corrected chi connectivity index (χ3v) is 3.89. The average Bonchev–Trinajstić information content (AvgIpc) is 2.92. The molecule has 0 atom stereocenters. The van der Waals surface area contributed by atoms with Crippen molar-refractivity contribution in [1.82, 2.24) is 9.78 Å². The van der Waals surface area contributed by atoms with Gasteiger partial charge in [-0.25, -0.2) is 13.9 Å². The number of alkyl halides is 3. The first kappa shape index (κ1) is 17.7. The van der Waals surface area contributed by atoms with E-state index in [2.05, 4.69) is 5.10 Å². The van der Waals surface area contributed by atoms with Gasteiger partial charge >= 0.3 is 12.1 Å². The highest BCUT2D eigenvalue weighted by molar-refractivity contribution is 5.96. The van der Waals surface area contributed by atoms with Crippen LogP contribution in [0.2, 0.25) is 0 Å². The van der Waals surface area contributed by atoms with Crippen LogP contribution in [0.4, 0.5) is 17.6 Å². The summed E-state index contributed by atoms with van der Waals surface area (Å²) in [5.41, 5.74) is 0.0119. The number of carbonyl (C=O) groups is 1. The van der Waals surface area contributed by atoms with E-state index in [0.29, 0.717) is 5.69 Å². The lowest BCUT2D eigenvalue weighted by Gasteiger charge is -2.07. The van der Waals surface area contributed by atoms with Crippen molar-refractivity contribution >= 4 is 5.97 Å². The molecule has 1 aromatic heterocycles. The topological polar surface area (TPSA) is 55.1 Å². The Morgan fingerprint density at radius 1 is 1.04 bits per heavy atom. The number of carboxylic acids is 1. The Balaban J connectivity index is 2.14. The van der Waals surface area contributed by atoms with Gasteiger partial charge in [0, 0.05) is 5.56 Å². The molecule has 1 N–H and O–H groups in total. The summed E-state index contributed by atoms with van der Waals surface area (Å²) in [5.74, 6) is -1.72. The molecule has 1 heterocycles. The zero-order valence-corrected chi connectivity index (χ0v) is 13.4. The Kier molecular flexibility index (Phi) is 4.27. The molecule has 0 fully saturated rings. The van der Waals surface area contributed by atoms with Crippen molar-refractivity contribution < 1.29 is 27.5 Å². The fourth-order valence-corrected chi connectivity index (χ4v) is 2.61. The number of aromatic carboxylic acids is 1. The molecule has 3 rings (SSSR count). The van der Waals surface area contributed by atoms with Gasteiger partial charge in [-0.15, -0.1) is 0 Å². The van der Waals surface area contributed by atoms with E-state index in [1.54, 1.807) is 0 Å². The first-order valence-electron chi connectivity index (χ1n) is 7.45. The molecule has 0 radical (unpaired) electrons. The molecule has 0 aliphatic rings. The van der Waals surface area contributed by atoms with Gasteiger partial charge < -0.3 is 5.11 Å². The molecule has 8 heteroatoms. The minimum Gasteiger partial charge on any atom is -0.478 e. The summed E-state index contributed by atoms with van der Waals surface area (Å²) in [5, 5.41) is 13.7. The molecule has 0 spiro atoms. The van der Waals surface area contributed by atoms with Crippen LogP contribution in [0.3, 0.4) is 0 Å². The van der Waals surface area contributed by atoms with Gasteiger partial charge in [0.15, 0.2) is 0 Å². The Hall–Kier alpha value is -3.16. The largest absolute Gasteiger partial charge is 0.478 e. The summed E-state index contributed by atoms with van der Waals surface area (Å²) in [7, 11) is 0. The molecule has 4 nitrogen and oxygen atoms in total. The summed E-state index contributed by atoms with van der Waals surface area (Å²) < 4.78 is 52.5. The molecule has 0 aliphatic heterocycles. The van der Waals surface area contributed by atoms with E-state index in [4.69, 9.17) is 0 Å². The lowest BCUT2D eigenvalue weighted by molar-refractivity contribution is -0.137. The van der Waals surface area contributed by atoms with E-state index in [1.807, 2.05) is 0 Å². The normalized spacial score (nSPS) is 11.6. The van der Waals surface area contributed by atoms with Gasteiger partial charge in [0.2, 0.25) is 0 Å². The van der Waals surface area contributed by atoms with Gasteiger partial charge in [-0.3, -0.25) is 0 Å². The minimum atomic E-state index is -4.49. The minimum absolute atomic E-state index is 0.0352. The molecule has 0 aliphatic carbocycles. The zero-order valence-electron chi connectivity index (χ0n) is 13.4. The highest BCUT2D eigenvalue weighted by Crippen LogP contribution is 2.32. The SMILES string of the molecule is Cc1c(C(=O)O)c(-c2ccc(C(F)(F)F)cc2)nn1-c1ccc(F)cc1. The maximum absolute atomic E-state index is 13.1. The van der Waals surface area contributed by atoms with Gasteiger partial charge in [-0.1, -0.05) is 12.1 Å². The Bertz CT molecular complexity index is 959. The second-order valence-corrected chi connectivity index (χ2v) is 5.58. The summed E-state index contributed by atoms with van der Waals surface area (Å²) in [6, 6.07) is 9.34. The van der Waals surface area contributed by atoms with Crippen LogP contribution in [-0.2, 0) is 6.18 Å². The predicted octanol–water partition coefficient (Wildman–Crippen LogP) is 4.70. The highest BCUT2D eigenvalue weighted by Gasteiger charge is 2.30. The molecule has 0 amide bonds. The third kappa shape index (κ3) is 3.17. The zero-order chi connectivity index (χ0) is 19.1. The number of rotatable bonds is 3. The molecular formula is C18H12F4N2O2. The number of carboxylic acid groups (broad SMARTS) is 1. The maximum Gasteiger partial charge on any atom is 0.416 e. The highest BCUT2D eigenvalue weighted by atomic mass is 19.4. The molecule has 134 valence electrons. The van der Waals surface area contributed by atoms with Crippen LogP contribution in [0.1, 0.15) is 21.6 Å². The number of halogens is 4. The fraction of sp³-hybridized carbons (Fsp3) is 0.111. The number of aromatic nitrogens is 2. The molecule has 0 saturated carbocycles. The van der Waals surface area contributed by atoms with Crippen LogP contribution < -0.4 is 0 Å². The van der Waals surface area contributed by atoms with Crippen LogP contribution in [0.25, 0.3) is 16.9 Å². The van der Waals surface area contributed by atoms with Crippen molar-refractivity contribution in [2.75, 3.05) is 0 Å². The summed E-state index contributed by atoms with van der Waals surface area (Å²) in [6.07, 6.45) is -4.49. The number of benzene rings is 2. The Morgan fingerprint density at radius 2 is 1.62 bits per heavy atom. The van der Waals surface area contributed by atoms with E-state index in [1.165, 1.54) is 48.0 Å². The van der Waals surface area contributed by atoms with Crippen molar-refractivity contribution in [2.45, 2.75) is 13.1 Å². The Labute approximate surface area is 145 Å². The van der Waals surface area contributed by atoms with E-state index >= 15 is 0 Å². The van der Waals surface area contributed by atoms with Crippen LogP contribution in [0, 0.1) is 12.7 Å². The molecule has 26 heavy (non-hydrogen) atoms. The van der Waals surface area contributed by atoms with E-state index < -0.39 is 23.5 Å². The van der Waals surface area contributed by atoms with Crippen molar-refractivity contribution in [3.05, 3.63) is 71.2 Å². The Morgan fingerprint density at radius 3 is 2.12 bits per heavy atom. The van der Waals surface area contributed by atoms with Crippen LogP contribution in [0.5, 0.6) is 0 Å². The van der Waals surface area contributed by atoms with E-state index in [0.717, 1.165) is 12.1 Å². The first-order valence-corrected chi connectivity index (χ1v) is 7.45. The molecule has 0 unspecified atom stereocenters. The third-order valence-electron chi connectivity index (χ3n) is 3.89. The van der Waals surface area contributed by atoms with Crippen LogP contribution in [0.15, 0.2) is 48.5 Å². The standard InChI is InChI=1S/C18H12F4N2O2/c1-10-15(17(25)26)16(11-2-4-12(5-3-11)18(20,21)22)23-24(10)14-8-6-13(19)7-9-14/h2-9H,1H3,(H,25,26). The van der Waals surface area contributed by atoms with E-state index in [-0.39, 0.29) is 22.5 Å². The summed E-state index contributed by atoms with van der Waals surface area (Å²) in [6.45, 7) is 1.52. The lowest BCUT2D eigenvalue weighted by Crippen LogP contribution is -2.04. The number of hydrogen-bond donors (Lipinski definition) is 1. The molecule has 3 aromatic rings. The van der Waals surface area contributed by atoms with E-state index in [9.17, 15) is 27.5 Å². The van der Waals surface area contributed by atoms with Gasteiger partial charge in [0.1, 0.15) is 17.1 Å². The van der Waals surface area contributed by atoms with Gasteiger partial charge in [0.05, 0.1) is 16.9 Å². The van der Waals surface area contributed by atoms with Gasteiger partial charge in [0.25, 0.3) is 0 Å². The molecule has 2 aromatic carbocycles. The van der Waals surface area contributed by atoms with Gasteiger partial charge in [-0.05, 0) is 43.3 Å². The lowest BCUT2D eigenvalue weighted by atomic mass is 10.0. The molecule has 0 saturated heterocycles. The first-order chi connectivity index (χ1) is 12.2. The average molecular weight is 364 g/mol. The van der Waals surface area contributed by atoms with Gasteiger partial charge in [-0.2, -0.15) is 18.3 Å². The fourth-order valence-electron chi connectivity index (χ4n) is 2.61. The predicted molar refractivity (Wildman–Crippen MR) is 85.7 cm³/mol. The second-order valence-electron chi connectivity index (χ2n) is 5.58. The van der Waals surface area contributed by atoms with Crippen molar-refractivity contribution in [3.8, 4) is 16.9 Å². The number of nitrogens with zero attached hydrogens (tertiary/aromatic N) is 2. The summed E-state index contributed by atoms with van der Waals surface area (Å²) in [4.78, 5) is 11.6. The monoisotopic (exact) mass is 364 g/mol. The van der Waals surface area contributed by atoms with Crippen molar-refractivity contribution in [3.63, 3.8) is 0 Å². The summed E-state index contributed by atoms with van der Waals surface area (Å²) >= 11 is 0. The van der Waals surface area contributed by atoms with Crippen LogP contribution in [-0.4, -0.2) is 20.9 Å². The van der Waals surface area contributed by atoms with Crippen molar-refractivity contribution in [1.29, 1.82) is 0 Å². The smallest absolute Gasteiger partial charge is 0.416 e. The number of hydrogen-bond acceptors (Lipinski definition) is 2. The van der Waals surface area contributed by atoms with Crippen molar-refractivity contribution in [2.24, 2.45) is 0 Å². The quantitative estimate of drug-likeness (QED) is 0.685. The second kappa shape index (κ2) is 6.29. The molecular weight excluding hydrogens is 352 g/mol.